The van der Waals surface area contributed by atoms with Crippen LogP contribution in [0.15, 0.2) is 79.3 Å². The van der Waals surface area contributed by atoms with Gasteiger partial charge in [-0.05, 0) is 41.2 Å². The second-order valence-corrected chi connectivity index (χ2v) is 11.7. The van der Waals surface area contributed by atoms with Crippen LogP contribution in [0.4, 0.5) is 0 Å². The van der Waals surface area contributed by atoms with E-state index in [1.807, 2.05) is 48.5 Å². The third-order valence-corrected chi connectivity index (χ3v) is 7.24. The summed E-state index contributed by atoms with van der Waals surface area (Å²) in [5.74, 6) is -0.351. The van der Waals surface area contributed by atoms with Crippen molar-refractivity contribution >= 4 is 11.9 Å². The van der Waals surface area contributed by atoms with Crippen LogP contribution in [0.5, 0.6) is 5.88 Å². The quantitative estimate of drug-likeness (QED) is 0.166. The summed E-state index contributed by atoms with van der Waals surface area (Å²) < 4.78 is 5.72. The first-order valence-corrected chi connectivity index (χ1v) is 14.8. The number of hydrogen-bond donors (Lipinski definition) is 2. The fraction of sp³-hybridized carbons (Fsp3) is 0.343. The standard InChI is InChI=1S/C35H40N4O4/c1-5-6-7-8-19-43-31-18-15-27(21-36-31)28-22-37-32(38-23-28)25-11-9-24(10-12-25)20-30(34(41)42)39-33(40)26-13-16-29(17-14-26)35(2,3)4/h9-18,21-23,30H,5-8,19-20H2,1-4H3,(H,39,40)(H,41,42)/t30-/m0/s1. The second kappa shape index (κ2) is 14.5. The number of rotatable bonds is 13. The Morgan fingerprint density at radius 1 is 0.814 bits per heavy atom. The summed E-state index contributed by atoms with van der Waals surface area (Å²) in [6, 6.07) is 17.4. The first-order valence-electron chi connectivity index (χ1n) is 14.8. The number of nitrogens with one attached hydrogen (secondary N) is 1. The second-order valence-electron chi connectivity index (χ2n) is 11.7. The van der Waals surface area contributed by atoms with Gasteiger partial charge >= 0.3 is 5.97 Å². The van der Waals surface area contributed by atoms with Crippen molar-refractivity contribution in [3.8, 4) is 28.4 Å². The number of carboxylic acids is 1. The maximum atomic E-state index is 12.8. The van der Waals surface area contributed by atoms with Gasteiger partial charge in [0.15, 0.2) is 5.82 Å². The molecule has 0 aliphatic carbocycles. The van der Waals surface area contributed by atoms with Crippen LogP contribution in [0.25, 0.3) is 22.5 Å². The third-order valence-electron chi connectivity index (χ3n) is 7.24. The molecule has 2 aromatic carbocycles. The molecular formula is C35H40N4O4. The smallest absolute Gasteiger partial charge is 0.326 e. The normalized spacial score (nSPS) is 12.0. The van der Waals surface area contributed by atoms with Gasteiger partial charge in [-0.3, -0.25) is 4.79 Å². The lowest BCUT2D eigenvalue weighted by molar-refractivity contribution is -0.139. The molecule has 0 saturated carbocycles. The van der Waals surface area contributed by atoms with Gasteiger partial charge in [-0.25, -0.2) is 19.7 Å². The number of pyridine rings is 1. The maximum absolute atomic E-state index is 12.8. The average Bonchev–Trinajstić information content (AvgIpc) is 3.01. The van der Waals surface area contributed by atoms with Crippen molar-refractivity contribution in [1.82, 2.24) is 20.3 Å². The Balaban J connectivity index is 1.34. The number of ether oxygens (including phenoxy) is 1. The number of benzene rings is 2. The van der Waals surface area contributed by atoms with Crippen LogP contribution in [0.1, 0.15) is 74.9 Å². The number of carbonyl (C=O) groups excluding carboxylic acids is 1. The number of hydrogen-bond acceptors (Lipinski definition) is 6. The Morgan fingerprint density at radius 2 is 1.47 bits per heavy atom. The van der Waals surface area contributed by atoms with Gasteiger partial charge in [-0.2, -0.15) is 0 Å². The van der Waals surface area contributed by atoms with Crippen molar-refractivity contribution in [2.75, 3.05) is 6.61 Å². The molecule has 2 heterocycles. The summed E-state index contributed by atoms with van der Waals surface area (Å²) in [5.41, 5.74) is 4.80. The zero-order valence-corrected chi connectivity index (χ0v) is 25.3. The zero-order valence-electron chi connectivity index (χ0n) is 25.3. The lowest BCUT2D eigenvalue weighted by atomic mass is 9.86. The molecule has 0 radical (unpaired) electrons. The van der Waals surface area contributed by atoms with E-state index in [2.05, 4.69) is 48.0 Å². The van der Waals surface area contributed by atoms with Crippen LogP contribution in [-0.4, -0.2) is 44.6 Å². The topological polar surface area (TPSA) is 114 Å². The molecule has 0 aliphatic rings. The van der Waals surface area contributed by atoms with E-state index in [0.717, 1.165) is 40.7 Å². The Labute approximate surface area is 253 Å². The summed E-state index contributed by atoms with van der Waals surface area (Å²) in [6.45, 7) is 9.14. The minimum Gasteiger partial charge on any atom is -0.480 e. The molecule has 8 heteroatoms. The van der Waals surface area contributed by atoms with Crippen LogP contribution >= 0.6 is 0 Å². The van der Waals surface area contributed by atoms with Gasteiger partial charge in [0.05, 0.1) is 6.61 Å². The molecule has 43 heavy (non-hydrogen) atoms. The van der Waals surface area contributed by atoms with Gasteiger partial charge in [-0.15, -0.1) is 0 Å². The summed E-state index contributed by atoms with van der Waals surface area (Å²) >= 11 is 0. The summed E-state index contributed by atoms with van der Waals surface area (Å²) in [6.07, 6.45) is 10.0. The van der Waals surface area contributed by atoms with Crippen molar-refractivity contribution in [2.24, 2.45) is 0 Å². The van der Waals surface area contributed by atoms with E-state index in [1.54, 1.807) is 30.7 Å². The lowest BCUT2D eigenvalue weighted by Crippen LogP contribution is -2.42. The molecule has 0 unspecified atom stereocenters. The van der Waals surface area contributed by atoms with Crippen molar-refractivity contribution in [3.05, 3.63) is 95.9 Å². The number of aliphatic carboxylic acids is 1. The molecule has 0 fully saturated rings. The summed E-state index contributed by atoms with van der Waals surface area (Å²) in [4.78, 5) is 38.2. The van der Waals surface area contributed by atoms with Gasteiger partial charge in [0, 0.05) is 53.3 Å². The number of unbranched alkanes of at least 4 members (excludes halogenated alkanes) is 3. The Bertz CT molecular complexity index is 1480. The van der Waals surface area contributed by atoms with Gasteiger partial charge in [-0.1, -0.05) is 83.4 Å². The molecule has 0 bridgehead atoms. The molecule has 0 saturated heterocycles. The predicted molar refractivity (Wildman–Crippen MR) is 168 cm³/mol. The van der Waals surface area contributed by atoms with E-state index in [4.69, 9.17) is 4.74 Å². The van der Waals surface area contributed by atoms with Crippen molar-refractivity contribution < 1.29 is 19.4 Å². The number of aromatic nitrogens is 3. The summed E-state index contributed by atoms with van der Waals surface area (Å²) in [5, 5.41) is 12.4. The van der Waals surface area contributed by atoms with E-state index in [9.17, 15) is 14.7 Å². The Hall–Kier alpha value is -4.59. The molecule has 4 aromatic rings. The van der Waals surface area contributed by atoms with E-state index < -0.39 is 17.9 Å². The molecule has 8 nitrogen and oxygen atoms in total. The molecule has 224 valence electrons. The molecule has 4 rings (SSSR count). The number of carbonyl (C=O) groups is 2. The van der Waals surface area contributed by atoms with Crippen LogP contribution in [0, 0.1) is 0 Å². The monoisotopic (exact) mass is 580 g/mol. The van der Waals surface area contributed by atoms with E-state index in [0.29, 0.717) is 23.9 Å². The molecule has 2 aromatic heterocycles. The van der Waals surface area contributed by atoms with Gasteiger partial charge in [0.2, 0.25) is 5.88 Å². The van der Waals surface area contributed by atoms with E-state index in [1.165, 1.54) is 12.8 Å². The fourth-order valence-electron chi connectivity index (χ4n) is 4.56. The number of amides is 1. The minimum atomic E-state index is -1.09. The first kappa shape index (κ1) is 31.3. The highest BCUT2D eigenvalue weighted by molar-refractivity contribution is 5.96. The molecule has 1 amide bonds. The largest absolute Gasteiger partial charge is 0.480 e. The maximum Gasteiger partial charge on any atom is 0.326 e. The van der Waals surface area contributed by atoms with Crippen LogP contribution < -0.4 is 10.1 Å². The lowest BCUT2D eigenvalue weighted by Gasteiger charge is -2.19. The molecule has 1 atom stereocenters. The SMILES string of the molecule is CCCCCCOc1ccc(-c2cnc(-c3ccc(C[C@H](NC(=O)c4ccc(C(C)(C)C)cc4)C(=O)O)cc3)nc2)cn1. The summed E-state index contributed by atoms with van der Waals surface area (Å²) in [7, 11) is 0. The van der Waals surface area contributed by atoms with Crippen LogP contribution in [0.3, 0.4) is 0 Å². The van der Waals surface area contributed by atoms with Crippen molar-refractivity contribution in [2.45, 2.75) is 71.3 Å². The van der Waals surface area contributed by atoms with E-state index in [-0.39, 0.29) is 11.8 Å². The first-order chi connectivity index (χ1) is 20.6. The highest BCUT2D eigenvalue weighted by Crippen LogP contribution is 2.23. The van der Waals surface area contributed by atoms with Crippen LogP contribution in [-0.2, 0) is 16.6 Å². The molecule has 0 spiro atoms. The highest BCUT2D eigenvalue weighted by Gasteiger charge is 2.22. The number of carboxylic acid groups (broad SMARTS) is 1. The Morgan fingerprint density at radius 3 is 2.05 bits per heavy atom. The molecule has 2 N–H and O–H groups in total. The van der Waals surface area contributed by atoms with Gasteiger partial charge in [0.1, 0.15) is 6.04 Å². The van der Waals surface area contributed by atoms with E-state index >= 15 is 0 Å². The zero-order chi connectivity index (χ0) is 30.8. The van der Waals surface area contributed by atoms with Gasteiger partial charge < -0.3 is 15.2 Å². The third kappa shape index (κ3) is 8.95. The fourth-order valence-corrected chi connectivity index (χ4v) is 4.56. The highest BCUT2D eigenvalue weighted by atomic mass is 16.5. The van der Waals surface area contributed by atoms with Crippen molar-refractivity contribution in [1.29, 1.82) is 0 Å². The molecular weight excluding hydrogens is 540 g/mol. The Kier molecular flexibility index (Phi) is 10.6. The predicted octanol–water partition coefficient (Wildman–Crippen LogP) is 6.89. The minimum absolute atomic E-state index is 0.0374. The number of nitrogens with zero attached hydrogens (tertiary/aromatic N) is 3. The van der Waals surface area contributed by atoms with Crippen LogP contribution in [0.2, 0.25) is 0 Å². The molecule has 0 aliphatic heterocycles. The van der Waals surface area contributed by atoms with Crippen molar-refractivity contribution in [3.63, 3.8) is 0 Å². The van der Waals surface area contributed by atoms with Gasteiger partial charge in [0.25, 0.3) is 5.91 Å². The average molecular weight is 581 g/mol.